The van der Waals surface area contributed by atoms with Crippen LogP contribution in [0.2, 0.25) is 0 Å². The summed E-state index contributed by atoms with van der Waals surface area (Å²) < 4.78 is 27.1. The van der Waals surface area contributed by atoms with E-state index < -0.39 is 5.97 Å². The highest BCUT2D eigenvalue weighted by Gasteiger charge is 2.32. The number of ether oxygens (including phenoxy) is 5. The van der Waals surface area contributed by atoms with Crippen LogP contribution in [0.4, 0.5) is 0 Å². The Hall–Kier alpha value is -2.39. The number of methoxy groups -OCH3 is 5. The third kappa shape index (κ3) is 4.22. The van der Waals surface area contributed by atoms with Crippen molar-refractivity contribution in [2.75, 3.05) is 41.3 Å². The molecule has 0 amide bonds. The summed E-state index contributed by atoms with van der Waals surface area (Å²) in [6.07, 6.45) is 0. The number of carboxylic acid groups (broad SMARTS) is 1. The second-order valence-electron chi connectivity index (χ2n) is 6.36. The Morgan fingerprint density at radius 1 is 0.833 bits per heavy atom. The minimum absolute atomic E-state index is 0.0914. The summed E-state index contributed by atoms with van der Waals surface area (Å²) in [5.74, 6) is 2.18. The minimum Gasteiger partial charge on any atom is -0.493 e. The lowest BCUT2D eigenvalue weighted by Crippen LogP contribution is -2.05. The summed E-state index contributed by atoms with van der Waals surface area (Å²) in [6.45, 7) is 0. The molecule has 0 aromatic heterocycles. The van der Waals surface area contributed by atoms with E-state index in [2.05, 4.69) is 0 Å². The molecule has 0 aliphatic carbocycles. The van der Waals surface area contributed by atoms with E-state index in [1.54, 1.807) is 50.9 Å². The van der Waals surface area contributed by atoms with Gasteiger partial charge in [-0.15, -0.1) is 23.5 Å². The average Bonchev–Trinajstić information content (AvgIpc) is 3.27. The summed E-state index contributed by atoms with van der Waals surface area (Å²) in [5.41, 5.74) is 2.02. The quantitative estimate of drug-likeness (QED) is 0.615. The molecule has 0 spiro atoms. The van der Waals surface area contributed by atoms with Gasteiger partial charge in [-0.2, -0.15) is 0 Å². The molecule has 0 bridgehead atoms. The van der Waals surface area contributed by atoms with Gasteiger partial charge in [0.2, 0.25) is 5.75 Å². The highest BCUT2D eigenvalue weighted by atomic mass is 32.2. The van der Waals surface area contributed by atoms with Crippen molar-refractivity contribution < 1.29 is 33.6 Å². The Bertz CT molecular complexity index is 907. The molecule has 9 heteroatoms. The van der Waals surface area contributed by atoms with E-state index in [0.717, 1.165) is 16.9 Å². The lowest BCUT2D eigenvalue weighted by atomic mass is 10.1. The largest absolute Gasteiger partial charge is 0.493 e. The van der Waals surface area contributed by atoms with Crippen molar-refractivity contribution in [3.05, 3.63) is 41.0 Å². The maximum atomic E-state index is 11.7. The number of carboxylic acids is 1. The van der Waals surface area contributed by atoms with Gasteiger partial charge < -0.3 is 28.8 Å². The van der Waals surface area contributed by atoms with Gasteiger partial charge in [-0.05, 0) is 35.4 Å². The highest BCUT2D eigenvalue weighted by Crippen LogP contribution is 2.58. The van der Waals surface area contributed by atoms with Crippen molar-refractivity contribution in [3.8, 4) is 28.7 Å². The van der Waals surface area contributed by atoms with E-state index in [-0.39, 0.29) is 21.1 Å². The van der Waals surface area contributed by atoms with Crippen LogP contribution in [0.25, 0.3) is 0 Å². The number of rotatable bonds is 8. The monoisotopic (exact) mass is 452 g/mol. The van der Waals surface area contributed by atoms with Crippen LogP contribution in [-0.4, -0.2) is 52.4 Å². The Morgan fingerprint density at radius 3 is 1.87 bits per heavy atom. The van der Waals surface area contributed by atoms with E-state index in [1.165, 1.54) is 14.2 Å². The van der Waals surface area contributed by atoms with E-state index >= 15 is 0 Å². The molecule has 1 heterocycles. The molecule has 3 rings (SSSR count). The van der Waals surface area contributed by atoms with Crippen molar-refractivity contribution in [2.24, 2.45) is 0 Å². The minimum atomic E-state index is -1.05. The Balaban J connectivity index is 1.92. The van der Waals surface area contributed by atoms with Crippen molar-refractivity contribution in [1.82, 2.24) is 0 Å². The van der Waals surface area contributed by atoms with Crippen molar-refractivity contribution in [1.29, 1.82) is 0 Å². The number of carbonyl (C=O) groups is 1. The summed E-state index contributed by atoms with van der Waals surface area (Å²) in [4.78, 5) is 11.7. The highest BCUT2D eigenvalue weighted by molar-refractivity contribution is 8.19. The molecule has 0 saturated carbocycles. The molecule has 2 atom stereocenters. The Morgan fingerprint density at radius 2 is 1.37 bits per heavy atom. The van der Waals surface area contributed by atoms with E-state index in [4.69, 9.17) is 23.7 Å². The smallest absolute Gasteiger partial charge is 0.339 e. The zero-order chi connectivity index (χ0) is 21.8. The van der Waals surface area contributed by atoms with Crippen LogP contribution in [0.1, 0.15) is 31.3 Å². The first-order valence-corrected chi connectivity index (χ1v) is 11.0. The zero-order valence-corrected chi connectivity index (χ0v) is 19.0. The van der Waals surface area contributed by atoms with E-state index in [9.17, 15) is 9.90 Å². The zero-order valence-electron chi connectivity index (χ0n) is 17.4. The summed E-state index contributed by atoms with van der Waals surface area (Å²) in [7, 11) is 7.70. The Kier molecular flexibility index (Phi) is 7.14. The number of hydrogen-bond acceptors (Lipinski definition) is 8. The molecule has 2 aromatic rings. The van der Waals surface area contributed by atoms with Crippen molar-refractivity contribution in [3.63, 3.8) is 0 Å². The molecule has 30 heavy (non-hydrogen) atoms. The molecular formula is C21H24O7S2. The fraction of sp³-hybridized carbons (Fsp3) is 0.381. The maximum Gasteiger partial charge on any atom is 0.339 e. The predicted octanol–water partition coefficient (Wildman–Crippen LogP) is 4.65. The van der Waals surface area contributed by atoms with Crippen LogP contribution >= 0.6 is 23.5 Å². The van der Waals surface area contributed by atoms with Crippen molar-refractivity contribution >= 4 is 29.5 Å². The topological polar surface area (TPSA) is 83.5 Å². The van der Waals surface area contributed by atoms with Crippen LogP contribution in [0, 0.1) is 0 Å². The second kappa shape index (κ2) is 9.61. The predicted molar refractivity (Wildman–Crippen MR) is 118 cm³/mol. The molecule has 1 aliphatic rings. The van der Waals surface area contributed by atoms with Crippen molar-refractivity contribution in [2.45, 2.75) is 9.83 Å². The van der Waals surface area contributed by atoms with Crippen LogP contribution in [0.15, 0.2) is 24.3 Å². The molecule has 7 nitrogen and oxygen atoms in total. The van der Waals surface area contributed by atoms with E-state index in [0.29, 0.717) is 23.0 Å². The molecule has 1 N–H and O–H groups in total. The lowest BCUT2D eigenvalue weighted by Gasteiger charge is -2.18. The van der Waals surface area contributed by atoms with Crippen LogP contribution in [0.3, 0.4) is 0 Å². The first-order chi connectivity index (χ1) is 14.5. The van der Waals surface area contributed by atoms with Gasteiger partial charge in [0, 0.05) is 11.0 Å². The van der Waals surface area contributed by atoms with Gasteiger partial charge in [0.25, 0.3) is 0 Å². The molecule has 1 aliphatic heterocycles. The SMILES string of the molecule is COc1cc(C2SCC(c3cc(OC)c(OC)c(C(=O)O)c3)S2)cc(OC)c1OC. The lowest BCUT2D eigenvalue weighted by molar-refractivity contribution is 0.0692. The maximum absolute atomic E-state index is 11.7. The first-order valence-electron chi connectivity index (χ1n) is 9.03. The van der Waals surface area contributed by atoms with Gasteiger partial charge in [-0.1, -0.05) is 0 Å². The van der Waals surface area contributed by atoms with Gasteiger partial charge in [0.15, 0.2) is 23.0 Å². The molecule has 1 saturated heterocycles. The molecule has 2 unspecified atom stereocenters. The molecular weight excluding hydrogens is 428 g/mol. The Labute approximate surface area is 184 Å². The fourth-order valence-electron chi connectivity index (χ4n) is 3.32. The normalized spacial score (nSPS) is 18.0. The summed E-state index contributed by atoms with van der Waals surface area (Å²) in [6, 6.07) is 7.41. The summed E-state index contributed by atoms with van der Waals surface area (Å²) in [5, 5.41) is 9.69. The summed E-state index contributed by atoms with van der Waals surface area (Å²) >= 11 is 3.52. The van der Waals surface area contributed by atoms with E-state index in [1.807, 2.05) is 18.2 Å². The molecule has 162 valence electrons. The third-order valence-electron chi connectivity index (χ3n) is 4.75. The van der Waals surface area contributed by atoms with Gasteiger partial charge in [0.05, 0.1) is 40.1 Å². The van der Waals surface area contributed by atoms with Crippen LogP contribution < -0.4 is 23.7 Å². The number of thioether (sulfide) groups is 2. The average molecular weight is 453 g/mol. The number of aromatic carboxylic acids is 1. The van der Waals surface area contributed by atoms with Gasteiger partial charge in [0.1, 0.15) is 5.56 Å². The third-order valence-corrected chi connectivity index (χ3v) is 8.09. The van der Waals surface area contributed by atoms with Gasteiger partial charge >= 0.3 is 5.97 Å². The molecule has 0 radical (unpaired) electrons. The van der Waals surface area contributed by atoms with Crippen LogP contribution in [0.5, 0.6) is 28.7 Å². The van der Waals surface area contributed by atoms with Gasteiger partial charge in [-0.3, -0.25) is 0 Å². The standard InChI is InChI=1S/C21H24O7S2/c1-24-14-7-11(6-13(20(22)23)18(14)27-4)17-10-29-21(30-17)12-8-15(25-2)19(28-5)16(9-12)26-3/h6-9,17,21H,10H2,1-5H3,(H,22,23). The number of hydrogen-bond donors (Lipinski definition) is 1. The first kappa shape index (κ1) is 22.3. The molecule has 2 aromatic carbocycles. The molecule has 1 fully saturated rings. The fourth-order valence-corrected chi connectivity index (χ4v) is 6.58. The second-order valence-corrected chi connectivity index (χ2v) is 9.11. The van der Waals surface area contributed by atoms with Gasteiger partial charge in [-0.25, -0.2) is 4.79 Å². The number of benzene rings is 2. The van der Waals surface area contributed by atoms with Crippen LogP contribution in [-0.2, 0) is 0 Å².